The Hall–Kier alpha value is -2.08. The lowest BCUT2D eigenvalue weighted by Gasteiger charge is -2.33. The SMILES string of the molecule is COC(=O)C1=C(C)N(C)C(=O)NC1c1c(F)cccc1Cl. The van der Waals surface area contributed by atoms with Gasteiger partial charge in [0.05, 0.1) is 18.7 Å². The lowest BCUT2D eigenvalue weighted by molar-refractivity contribution is -0.136. The summed E-state index contributed by atoms with van der Waals surface area (Å²) in [6.07, 6.45) is 0. The van der Waals surface area contributed by atoms with E-state index in [1.807, 2.05) is 0 Å². The molecule has 2 amide bonds. The highest BCUT2D eigenvalue weighted by atomic mass is 35.5. The number of urea groups is 1. The van der Waals surface area contributed by atoms with Crippen molar-refractivity contribution in [2.75, 3.05) is 14.2 Å². The van der Waals surface area contributed by atoms with Crippen molar-refractivity contribution in [3.8, 4) is 0 Å². The molecule has 5 nitrogen and oxygen atoms in total. The predicted molar refractivity (Wildman–Crippen MR) is 75.2 cm³/mol. The molecule has 1 heterocycles. The zero-order valence-corrected chi connectivity index (χ0v) is 12.5. The average molecular weight is 313 g/mol. The van der Waals surface area contributed by atoms with E-state index in [9.17, 15) is 14.0 Å². The number of hydrogen-bond donors (Lipinski definition) is 1. The number of ether oxygens (including phenoxy) is 1. The second kappa shape index (κ2) is 5.73. The molecule has 1 unspecified atom stereocenters. The monoisotopic (exact) mass is 312 g/mol. The van der Waals surface area contributed by atoms with Crippen LogP contribution in [0.2, 0.25) is 5.02 Å². The van der Waals surface area contributed by atoms with Crippen molar-refractivity contribution < 1.29 is 18.7 Å². The third kappa shape index (κ3) is 2.58. The maximum atomic E-state index is 14.1. The molecule has 0 saturated heterocycles. The van der Waals surface area contributed by atoms with Crippen LogP contribution in [0.15, 0.2) is 29.5 Å². The largest absolute Gasteiger partial charge is 0.466 e. The highest BCUT2D eigenvalue weighted by Crippen LogP contribution is 2.35. The molecule has 1 atom stereocenters. The van der Waals surface area contributed by atoms with Gasteiger partial charge in [0.2, 0.25) is 0 Å². The van der Waals surface area contributed by atoms with Crippen LogP contribution in [0.5, 0.6) is 0 Å². The van der Waals surface area contributed by atoms with E-state index < -0.39 is 23.9 Å². The lowest BCUT2D eigenvalue weighted by Crippen LogP contribution is -2.46. The molecule has 0 radical (unpaired) electrons. The fourth-order valence-corrected chi connectivity index (χ4v) is 2.48. The van der Waals surface area contributed by atoms with Crippen molar-refractivity contribution in [2.24, 2.45) is 0 Å². The Morgan fingerprint density at radius 2 is 2.14 bits per heavy atom. The van der Waals surface area contributed by atoms with Gasteiger partial charge in [-0.25, -0.2) is 14.0 Å². The number of carbonyl (C=O) groups is 2. The average Bonchev–Trinajstić information content (AvgIpc) is 2.44. The quantitative estimate of drug-likeness (QED) is 0.854. The topological polar surface area (TPSA) is 58.6 Å². The number of hydrogen-bond acceptors (Lipinski definition) is 3. The highest BCUT2D eigenvalue weighted by molar-refractivity contribution is 6.31. The van der Waals surface area contributed by atoms with E-state index in [0.717, 1.165) is 0 Å². The molecule has 1 aliphatic rings. The second-order valence-corrected chi connectivity index (χ2v) is 4.97. The molecular weight excluding hydrogens is 299 g/mol. The molecule has 1 aromatic carbocycles. The summed E-state index contributed by atoms with van der Waals surface area (Å²) in [6, 6.07) is 2.72. The first-order valence-corrected chi connectivity index (χ1v) is 6.53. The van der Waals surface area contributed by atoms with Crippen LogP contribution in [-0.2, 0) is 9.53 Å². The van der Waals surface area contributed by atoms with Crippen LogP contribution in [-0.4, -0.2) is 31.1 Å². The Bertz CT molecular complexity index is 625. The number of nitrogens with zero attached hydrogens (tertiary/aromatic N) is 1. The molecule has 0 bridgehead atoms. The molecule has 0 aromatic heterocycles. The van der Waals surface area contributed by atoms with Gasteiger partial charge in [-0.1, -0.05) is 17.7 Å². The first-order valence-electron chi connectivity index (χ1n) is 6.15. The maximum absolute atomic E-state index is 14.1. The van der Waals surface area contributed by atoms with Gasteiger partial charge >= 0.3 is 12.0 Å². The Kier molecular flexibility index (Phi) is 4.18. The highest BCUT2D eigenvalue weighted by Gasteiger charge is 2.37. The van der Waals surface area contributed by atoms with Gasteiger partial charge < -0.3 is 15.0 Å². The number of allylic oxidation sites excluding steroid dienone is 1. The third-order valence-electron chi connectivity index (χ3n) is 3.45. The molecule has 1 aromatic rings. The van der Waals surface area contributed by atoms with E-state index in [0.29, 0.717) is 5.70 Å². The van der Waals surface area contributed by atoms with Crippen molar-refractivity contribution in [1.82, 2.24) is 10.2 Å². The Morgan fingerprint density at radius 3 is 2.71 bits per heavy atom. The van der Waals surface area contributed by atoms with Gasteiger partial charge in [-0.2, -0.15) is 0 Å². The minimum Gasteiger partial charge on any atom is -0.466 e. The van der Waals surface area contributed by atoms with Crippen molar-refractivity contribution in [3.63, 3.8) is 0 Å². The number of carbonyl (C=O) groups excluding carboxylic acids is 2. The number of methoxy groups -OCH3 is 1. The van der Waals surface area contributed by atoms with Gasteiger partial charge in [0.1, 0.15) is 5.82 Å². The molecule has 1 N–H and O–H groups in total. The van der Waals surface area contributed by atoms with E-state index >= 15 is 0 Å². The first-order chi connectivity index (χ1) is 9.88. The zero-order chi connectivity index (χ0) is 15.7. The fraction of sp³-hybridized carbons (Fsp3) is 0.286. The van der Waals surface area contributed by atoms with E-state index in [1.165, 1.54) is 37.3 Å². The van der Waals surface area contributed by atoms with E-state index in [1.54, 1.807) is 6.92 Å². The molecule has 0 fully saturated rings. The van der Waals surface area contributed by atoms with Gasteiger partial charge in [-0.3, -0.25) is 0 Å². The van der Waals surface area contributed by atoms with E-state index in [-0.39, 0.29) is 16.2 Å². The molecule has 2 rings (SSSR count). The van der Waals surface area contributed by atoms with E-state index in [4.69, 9.17) is 16.3 Å². The summed E-state index contributed by atoms with van der Waals surface area (Å²) in [6.45, 7) is 1.59. The summed E-state index contributed by atoms with van der Waals surface area (Å²) < 4.78 is 18.8. The second-order valence-electron chi connectivity index (χ2n) is 4.57. The summed E-state index contributed by atoms with van der Waals surface area (Å²) in [7, 11) is 2.73. The van der Waals surface area contributed by atoms with Crippen LogP contribution >= 0.6 is 11.6 Å². The zero-order valence-electron chi connectivity index (χ0n) is 11.7. The molecule has 1 aliphatic heterocycles. The van der Waals surface area contributed by atoms with E-state index in [2.05, 4.69) is 5.32 Å². The Balaban J connectivity index is 2.65. The van der Waals surface area contributed by atoms with Crippen molar-refractivity contribution in [3.05, 3.63) is 45.9 Å². The summed E-state index contributed by atoms with van der Waals surface area (Å²) >= 11 is 6.03. The van der Waals surface area contributed by atoms with Crippen LogP contribution in [0, 0.1) is 5.82 Å². The maximum Gasteiger partial charge on any atom is 0.337 e. The molecular formula is C14H14ClFN2O3. The molecule has 21 heavy (non-hydrogen) atoms. The fourth-order valence-electron chi connectivity index (χ4n) is 2.21. The molecule has 0 spiro atoms. The normalized spacial score (nSPS) is 18.6. The summed E-state index contributed by atoms with van der Waals surface area (Å²) in [4.78, 5) is 25.2. The summed E-state index contributed by atoms with van der Waals surface area (Å²) in [5.74, 6) is -1.25. The number of benzene rings is 1. The standard InChI is InChI=1S/C14H14ClFN2O3/c1-7-10(13(19)21-3)12(17-14(20)18(7)2)11-8(15)5-4-6-9(11)16/h4-6,12H,1-3H3,(H,17,20). The van der Waals surface area contributed by atoms with Crippen LogP contribution in [0.3, 0.4) is 0 Å². The van der Waals surface area contributed by atoms with Crippen molar-refractivity contribution in [1.29, 1.82) is 0 Å². The van der Waals surface area contributed by atoms with Gasteiger partial charge in [0.25, 0.3) is 0 Å². The van der Waals surface area contributed by atoms with Crippen LogP contribution in [0.4, 0.5) is 9.18 Å². The van der Waals surface area contributed by atoms with Crippen LogP contribution < -0.4 is 5.32 Å². The van der Waals surface area contributed by atoms with Crippen molar-refractivity contribution >= 4 is 23.6 Å². The van der Waals surface area contributed by atoms with Crippen LogP contribution in [0.1, 0.15) is 18.5 Å². The molecule has 7 heteroatoms. The first kappa shape index (κ1) is 15.3. The van der Waals surface area contributed by atoms with Gasteiger partial charge in [0.15, 0.2) is 0 Å². The van der Waals surface area contributed by atoms with Gasteiger partial charge in [-0.15, -0.1) is 0 Å². The predicted octanol–water partition coefficient (Wildman–Crippen LogP) is 2.62. The number of nitrogens with one attached hydrogen (secondary N) is 1. The number of amides is 2. The number of halogens is 2. The molecule has 0 saturated carbocycles. The molecule has 112 valence electrons. The number of esters is 1. The third-order valence-corrected chi connectivity index (χ3v) is 3.78. The summed E-state index contributed by atoms with van der Waals surface area (Å²) in [5.41, 5.74) is 0.571. The lowest BCUT2D eigenvalue weighted by atomic mass is 9.94. The minimum absolute atomic E-state index is 0.0420. The van der Waals surface area contributed by atoms with Gasteiger partial charge in [-0.05, 0) is 19.1 Å². The summed E-state index contributed by atoms with van der Waals surface area (Å²) in [5, 5.41) is 2.69. The number of rotatable bonds is 2. The Morgan fingerprint density at radius 1 is 1.48 bits per heavy atom. The van der Waals surface area contributed by atoms with Crippen LogP contribution in [0.25, 0.3) is 0 Å². The Labute approximate surface area is 126 Å². The molecule has 0 aliphatic carbocycles. The van der Waals surface area contributed by atoms with Gasteiger partial charge in [0, 0.05) is 23.3 Å². The van der Waals surface area contributed by atoms with Crippen molar-refractivity contribution in [2.45, 2.75) is 13.0 Å². The minimum atomic E-state index is -0.991. The smallest absolute Gasteiger partial charge is 0.337 e.